The molecule has 46 heavy (non-hydrogen) atoms. The van der Waals surface area contributed by atoms with Gasteiger partial charge in [-0.25, -0.2) is 8.42 Å². The van der Waals surface area contributed by atoms with E-state index in [0.29, 0.717) is 12.2 Å². The molecule has 1 N–H and O–H groups in total. The first kappa shape index (κ1) is 34.9. The lowest BCUT2D eigenvalue weighted by atomic mass is 10.1. The lowest BCUT2D eigenvalue weighted by molar-refractivity contribution is -0.140. The number of hydrogen-bond acceptors (Lipinski definition) is 7. The number of nitrogens with one attached hydrogen (secondary N) is 1. The van der Waals surface area contributed by atoms with Gasteiger partial charge in [0.1, 0.15) is 18.3 Å². The second-order valence-electron chi connectivity index (χ2n) is 11.3. The van der Waals surface area contributed by atoms with E-state index in [4.69, 9.17) is 25.8 Å². The Hall–Kier alpha value is -3.96. The number of carbonyl (C=O) groups excluding carboxylic acids is 2. The van der Waals surface area contributed by atoms with Gasteiger partial charge in [-0.2, -0.15) is 0 Å². The van der Waals surface area contributed by atoms with Gasteiger partial charge in [-0.15, -0.1) is 0 Å². The van der Waals surface area contributed by atoms with E-state index >= 15 is 0 Å². The standard InChI is InChI=1S/C34H42ClN3O7S/c1-6-28(34(40)36-26-12-7-8-13-26)37(21-24-11-9-10-23(2)18-24)33(39)22-38(29-19-25(35)14-16-30(29)43-3)46(41,42)27-15-17-31(44-4)32(20-27)45-5/h9-11,14-20,26,28H,6-8,12-13,21-22H2,1-5H3,(H,36,40)/t28-/m0/s1. The summed E-state index contributed by atoms with van der Waals surface area (Å²) in [6.45, 7) is 3.26. The zero-order valence-electron chi connectivity index (χ0n) is 26.9. The van der Waals surface area contributed by atoms with Crippen molar-refractivity contribution in [1.29, 1.82) is 0 Å². The number of hydrogen-bond donors (Lipinski definition) is 1. The van der Waals surface area contributed by atoms with Gasteiger partial charge in [-0.3, -0.25) is 13.9 Å². The molecule has 0 radical (unpaired) electrons. The average molecular weight is 672 g/mol. The van der Waals surface area contributed by atoms with Crippen LogP contribution in [0.3, 0.4) is 0 Å². The van der Waals surface area contributed by atoms with Crippen LogP contribution in [0.2, 0.25) is 5.02 Å². The van der Waals surface area contributed by atoms with Crippen molar-refractivity contribution >= 4 is 39.1 Å². The highest BCUT2D eigenvalue weighted by Gasteiger charge is 2.36. The summed E-state index contributed by atoms with van der Waals surface area (Å²) in [5.41, 5.74) is 1.88. The number of sulfonamides is 1. The Morgan fingerprint density at radius 2 is 1.61 bits per heavy atom. The van der Waals surface area contributed by atoms with Gasteiger partial charge in [0.05, 0.1) is 31.9 Å². The molecule has 0 saturated heterocycles. The number of amides is 2. The predicted molar refractivity (Wildman–Crippen MR) is 178 cm³/mol. The van der Waals surface area contributed by atoms with Crippen molar-refractivity contribution in [3.05, 3.63) is 76.8 Å². The topological polar surface area (TPSA) is 114 Å². The maximum Gasteiger partial charge on any atom is 0.265 e. The monoisotopic (exact) mass is 671 g/mol. The molecule has 0 spiro atoms. The molecule has 248 valence electrons. The molecular formula is C34H42ClN3O7S. The number of anilines is 1. The van der Waals surface area contributed by atoms with Gasteiger partial charge in [-0.05, 0) is 62.1 Å². The number of halogens is 1. The molecular weight excluding hydrogens is 630 g/mol. The van der Waals surface area contributed by atoms with Gasteiger partial charge in [0.2, 0.25) is 11.8 Å². The molecule has 3 aromatic rings. The van der Waals surface area contributed by atoms with E-state index < -0.39 is 28.5 Å². The highest BCUT2D eigenvalue weighted by Crippen LogP contribution is 2.37. The molecule has 0 aliphatic heterocycles. The molecule has 1 aliphatic carbocycles. The van der Waals surface area contributed by atoms with Gasteiger partial charge in [-0.1, -0.05) is 61.2 Å². The summed E-state index contributed by atoms with van der Waals surface area (Å²) in [5.74, 6) is -0.0973. The highest BCUT2D eigenvalue weighted by atomic mass is 35.5. The molecule has 1 saturated carbocycles. The molecule has 1 fully saturated rings. The Morgan fingerprint density at radius 3 is 2.24 bits per heavy atom. The molecule has 3 aromatic carbocycles. The summed E-state index contributed by atoms with van der Waals surface area (Å²) in [5, 5.41) is 3.37. The molecule has 2 amide bonds. The minimum atomic E-state index is -4.43. The van der Waals surface area contributed by atoms with Gasteiger partial charge in [0, 0.05) is 23.7 Å². The first-order chi connectivity index (χ1) is 22.0. The van der Waals surface area contributed by atoms with E-state index in [1.165, 1.54) is 56.6 Å². The SMILES string of the molecule is CC[C@@H](C(=O)NC1CCCC1)N(Cc1cccc(C)c1)C(=O)CN(c1cc(Cl)ccc1OC)S(=O)(=O)c1ccc(OC)c(OC)c1. The van der Waals surface area contributed by atoms with Crippen LogP contribution in [0.4, 0.5) is 5.69 Å². The van der Waals surface area contributed by atoms with Crippen molar-refractivity contribution in [2.45, 2.75) is 69.5 Å². The molecule has 0 aromatic heterocycles. The number of nitrogens with zero attached hydrogens (tertiary/aromatic N) is 2. The Bertz CT molecular complexity index is 1640. The third-order valence-corrected chi connectivity index (χ3v) is 10.1. The van der Waals surface area contributed by atoms with Crippen LogP contribution < -0.4 is 23.8 Å². The molecule has 4 rings (SSSR count). The molecule has 0 heterocycles. The van der Waals surface area contributed by atoms with Crippen LogP contribution in [-0.4, -0.2) is 65.1 Å². The fourth-order valence-corrected chi connectivity index (χ4v) is 7.37. The van der Waals surface area contributed by atoms with E-state index in [9.17, 15) is 18.0 Å². The largest absolute Gasteiger partial charge is 0.495 e. The van der Waals surface area contributed by atoms with Crippen LogP contribution in [0.5, 0.6) is 17.2 Å². The van der Waals surface area contributed by atoms with Crippen molar-refractivity contribution in [3.8, 4) is 17.2 Å². The first-order valence-corrected chi connectivity index (χ1v) is 17.1. The number of methoxy groups -OCH3 is 3. The Labute approximate surface area is 276 Å². The van der Waals surface area contributed by atoms with Crippen LogP contribution in [0.15, 0.2) is 65.6 Å². The number of carbonyl (C=O) groups is 2. The maximum atomic E-state index is 14.5. The van der Waals surface area contributed by atoms with Crippen LogP contribution in [0.25, 0.3) is 0 Å². The second-order valence-corrected chi connectivity index (χ2v) is 13.6. The molecule has 12 heteroatoms. The van der Waals surface area contributed by atoms with Gasteiger partial charge in [0.15, 0.2) is 11.5 Å². The predicted octanol–water partition coefficient (Wildman–Crippen LogP) is 5.74. The summed E-state index contributed by atoms with van der Waals surface area (Å²) in [7, 11) is -0.175. The maximum absolute atomic E-state index is 14.5. The Balaban J connectivity index is 1.80. The fraction of sp³-hybridized carbons (Fsp3) is 0.412. The van der Waals surface area contributed by atoms with Crippen LogP contribution >= 0.6 is 11.6 Å². The number of aryl methyl sites for hydroxylation is 1. The van der Waals surface area contributed by atoms with Crippen molar-refractivity contribution in [1.82, 2.24) is 10.2 Å². The van der Waals surface area contributed by atoms with E-state index in [1.807, 2.05) is 38.1 Å². The second kappa shape index (κ2) is 15.6. The van der Waals surface area contributed by atoms with Crippen LogP contribution in [0, 0.1) is 6.92 Å². The van der Waals surface area contributed by atoms with Gasteiger partial charge in [0.25, 0.3) is 10.0 Å². The van der Waals surface area contributed by atoms with Gasteiger partial charge < -0.3 is 24.4 Å². The van der Waals surface area contributed by atoms with Gasteiger partial charge >= 0.3 is 0 Å². The summed E-state index contributed by atoms with van der Waals surface area (Å²) in [6, 6.07) is 15.6. The summed E-state index contributed by atoms with van der Waals surface area (Å²) in [6.07, 6.45) is 4.19. The van der Waals surface area contributed by atoms with E-state index in [-0.39, 0.29) is 45.6 Å². The summed E-state index contributed by atoms with van der Waals surface area (Å²) < 4.78 is 46.0. The third kappa shape index (κ3) is 8.06. The number of rotatable bonds is 14. The fourth-order valence-electron chi connectivity index (χ4n) is 5.77. The van der Waals surface area contributed by atoms with Crippen LogP contribution in [-0.2, 0) is 26.2 Å². The van der Waals surface area contributed by atoms with Crippen molar-refractivity contribution in [2.24, 2.45) is 0 Å². The molecule has 0 bridgehead atoms. The average Bonchev–Trinajstić information content (AvgIpc) is 3.56. The van der Waals surface area contributed by atoms with Crippen molar-refractivity contribution in [3.63, 3.8) is 0 Å². The third-order valence-electron chi connectivity index (χ3n) is 8.15. The lowest BCUT2D eigenvalue weighted by Gasteiger charge is -2.34. The normalized spacial score (nSPS) is 14.0. The van der Waals surface area contributed by atoms with Crippen LogP contribution in [0.1, 0.15) is 50.2 Å². The zero-order chi connectivity index (χ0) is 33.4. The smallest absolute Gasteiger partial charge is 0.265 e. The zero-order valence-corrected chi connectivity index (χ0v) is 28.5. The van der Waals surface area contributed by atoms with E-state index in [2.05, 4.69) is 5.32 Å². The van der Waals surface area contributed by atoms with Crippen molar-refractivity contribution < 1.29 is 32.2 Å². The lowest BCUT2D eigenvalue weighted by Crippen LogP contribution is -2.53. The first-order valence-electron chi connectivity index (χ1n) is 15.3. The Kier molecular flexibility index (Phi) is 11.8. The molecule has 10 nitrogen and oxygen atoms in total. The summed E-state index contributed by atoms with van der Waals surface area (Å²) in [4.78, 5) is 29.5. The Morgan fingerprint density at radius 1 is 0.935 bits per heavy atom. The van der Waals surface area contributed by atoms with E-state index in [0.717, 1.165) is 41.1 Å². The number of benzene rings is 3. The minimum absolute atomic E-state index is 0.0510. The quantitative estimate of drug-likeness (QED) is 0.233. The van der Waals surface area contributed by atoms with Crippen molar-refractivity contribution in [2.75, 3.05) is 32.2 Å². The molecule has 1 atom stereocenters. The number of ether oxygens (including phenoxy) is 3. The minimum Gasteiger partial charge on any atom is -0.495 e. The summed E-state index contributed by atoms with van der Waals surface area (Å²) >= 11 is 6.36. The highest BCUT2D eigenvalue weighted by molar-refractivity contribution is 7.92. The van der Waals surface area contributed by atoms with E-state index in [1.54, 1.807) is 6.07 Å². The molecule has 1 aliphatic rings. The molecule has 0 unspecified atom stereocenters.